The van der Waals surface area contributed by atoms with Crippen LogP contribution < -0.4 is 5.32 Å². The summed E-state index contributed by atoms with van der Waals surface area (Å²) in [4.78, 5) is 30.9. The van der Waals surface area contributed by atoms with Crippen LogP contribution in [0.4, 0.5) is 5.95 Å². The zero-order chi connectivity index (χ0) is 15.3. The van der Waals surface area contributed by atoms with Gasteiger partial charge in [-0.15, -0.1) is 0 Å². The summed E-state index contributed by atoms with van der Waals surface area (Å²) in [6, 6.07) is 0. The van der Waals surface area contributed by atoms with E-state index in [-0.39, 0.29) is 18.1 Å². The Morgan fingerprint density at radius 3 is 2.55 bits per heavy atom. The number of rotatable bonds is 6. The Morgan fingerprint density at radius 2 is 2.10 bits per heavy atom. The average Bonchev–Trinajstić information content (AvgIpc) is 2.38. The molecule has 1 unspecified atom stereocenters. The van der Waals surface area contributed by atoms with Crippen LogP contribution in [0.5, 0.6) is 0 Å². The highest BCUT2D eigenvalue weighted by Gasteiger charge is 2.31. The van der Waals surface area contributed by atoms with Crippen molar-refractivity contribution in [3.63, 3.8) is 0 Å². The van der Waals surface area contributed by atoms with Crippen molar-refractivity contribution in [1.82, 2.24) is 9.97 Å². The summed E-state index contributed by atoms with van der Waals surface area (Å²) in [6.07, 6.45) is 1.70. The van der Waals surface area contributed by atoms with Gasteiger partial charge in [0.15, 0.2) is 0 Å². The molecule has 20 heavy (non-hydrogen) atoms. The Morgan fingerprint density at radius 1 is 1.45 bits per heavy atom. The maximum Gasteiger partial charge on any atom is 0.341 e. The molecule has 0 aliphatic heterocycles. The van der Waals surface area contributed by atoms with Gasteiger partial charge in [0.05, 0.1) is 17.9 Å². The lowest BCUT2D eigenvalue weighted by Gasteiger charge is -2.24. The Kier molecular flexibility index (Phi) is 5.01. The van der Waals surface area contributed by atoms with Gasteiger partial charge >= 0.3 is 11.9 Å². The predicted octanol–water partition coefficient (Wildman–Crippen LogP) is 1.63. The molecule has 110 valence electrons. The largest absolute Gasteiger partial charge is 0.480 e. The number of carbonyl (C=O) groups excluding carboxylic acids is 1. The molecular weight excluding hydrogens is 262 g/mol. The molecule has 7 nitrogen and oxygen atoms in total. The van der Waals surface area contributed by atoms with E-state index in [9.17, 15) is 14.7 Å². The molecule has 0 saturated heterocycles. The lowest BCUT2D eigenvalue weighted by atomic mass is 10.00. The summed E-state index contributed by atoms with van der Waals surface area (Å²) in [5.41, 5.74) is -0.451. The van der Waals surface area contributed by atoms with Crippen molar-refractivity contribution >= 4 is 17.9 Å². The molecule has 1 rings (SSSR count). The average molecular weight is 281 g/mol. The standard InChI is InChI=1S/C13H19N3O4/c1-5-13(4,11(18)19)16-12-14-7-9(8(3)15-12)10(17)20-6-2/h7H,5-6H2,1-4H3,(H,18,19)(H,14,15,16). The second kappa shape index (κ2) is 6.31. The fraction of sp³-hybridized carbons (Fsp3) is 0.538. The molecule has 0 bridgehead atoms. The summed E-state index contributed by atoms with van der Waals surface area (Å²) in [5, 5.41) is 12.0. The fourth-order valence-electron chi connectivity index (χ4n) is 1.48. The SMILES string of the molecule is CCOC(=O)c1cnc(NC(C)(CC)C(=O)O)nc1C. The van der Waals surface area contributed by atoms with Crippen LogP contribution in [0, 0.1) is 6.92 Å². The van der Waals surface area contributed by atoms with Gasteiger partial charge in [-0.2, -0.15) is 0 Å². The number of carboxylic acid groups (broad SMARTS) is 1. The monoisotopic (exact) mass is 281 g/mol. The molecule has 0 amide bonds. The number of hydrogen-bond acceptors (Lipinski definition) is 6. The first-order valence-corrected chi connectivity index (χ1v) is 6.36. The Labute approximate surface area is 117 Å². The van der Waals surface area contributed by atoms with Crippen LogP contribution >= 0.6 is 0 Å². The van der Waals surface area contributed by atoms with Gasteiger partial charge in [-0.1, -0.05) is 6.92 Å². The predicted molar refractivity (Wildman–Crippen MR) is 72.7 cm³/mol. The van der Waals surface area contributed by atoms with Crippen LogP contribution in [0.2, 0.25) is 0 Å². The third kappa shape index (κ3) is 3.43. The molecule has 1 heterocycles. The van der Waals surface area contributed by atoms with Crippen molar-refractivity contribution in [3.05, 3.63) is 17.5 Å². The van der Waals surface area contributed by atoms with Crippen molar-refractivity contribution in [2.45, 2.75) is 39.7 Å². The molecule has 0 spiro atoms. The maximum absolute atomic E-state index is 11.6. The normalized spacial score (nSPS) is 13.4. The topological polar surface area (TPSA) is 101 Å². The number of aryl methyl sites for hydroxylation is 1. The van der Waals surface area contributed by atoms with Gasteiger partial charge in [0.2, 0.25) is 5.95 Å². The summed E-state index contributed by atoms with van der Waals surface area (Å²) in [7, 11) is 0. The quantitative estimate of drug-likeness (QED) is 0.764. The lowest BCUT2D eigenvalue weighted by molar-refractivity contribution is -0.141. The number of nitrogens with one attached hydrogen (secondary N) is 1. The highest BCUT2D eigenvalue weighted by molar-refractivity contribution is 5.90. The molecule has 0 fully saturated rings. The van der Waals surface area contributed by atoms with Crippen molar-refractivity contribution in [3.8, 4) is 0 Å². The van der Waals surface area contributed by atoms with Crippen molar-refractivity contribution in [2.75, 3.05) is 11.9 Å². The second-order valence-electron chi connectivity index (χ2n) is 4.53. The third-order valence-electron chi connectivity index (χ3n) is 3.04. The van der Waals surface area contributed by atoms with Crippen LogP contribution in [0.25, 0.3) is 0 Å². The summed E-state index contributed by atoms with van der Waals surface area (Å²) >= 11 is 0. The van der Waals surface area contributed by atoms with Gasteiger partial charge in [0.1, 0.15) is 5.54 Å². The van der Waals surface area contributed by atoms with E-state index in [0.29, 0.717) is 12.1 Å². The van der Waals surface area contributed by atoms with E-state index in [1.807, 2.05) is 0 Å². The van der Waals surface area contributed by atoms with E-state index in [4.69, 9.17) is 4.74 Å². The summed E-state index contributed by atoms with van der Waals surface area (Å²) < 4.78 is 4.88. The van der Waals surface area contributed by atoms with Gasteiger partial charge in [-0.25, -0.2) is 19.6 Å². The maximum atomic E-state index is 11.6. The molecule has 0 radical (unpaired) electrons. The molecule has 1 aromatic rings. The second-order valence-corrected chi connectivity index (χ2v) is 4.53. The molecule has 7 heteroatoms. The van der Waals surface area contributed by atoms with Crippen LogP contribution in [0.3, 0.4) is 0 Å². The number of hydrogen-bond donors (Lipinski definition) is 2. The zero-order valence-corrected chi connectivity index (χ0v) is 12.1. The van der Waals surface area contributed by atoms with Gasteiger partial charge in [0, 0.05) is 6.20 Å². The van der Waals surface area contributed by atoms with Gasteiger partial charge in [-0.05, 0) is 27.2 Å². The van der Waals surface area contributed by atoms with Crippen LogP contribution in [0.15, 0.2) is 6.20 Å². The van der Waals surface area contributed by atoms with Crippen LogP contribution in [-0.2, 0) is 9.53 Å². The number of carbonyl (C=O) groups is 2. The highest BCUT2D eigenvalue weighted by Crippen LogP contribution is 2.17. The van der Waals surface area contributed by atoms with Crippen molar-refractivity contribution < 1.29 is 19.4 Å². The zero-order valence-electron chi connectivity index (χ0n) is 12.1. The van der Waals surface area contributed by atoms with Crippen molar-refractivity contribution in [1.29, 1.82) is 0 Å². The first kappa shape index (κ1) is 15.9. The molecule has 0 aliphatic carbocycles. The molecule has 0 saturated carbocycles. The van der Waals surface area contributed by atoms with E-state index in [2.05, 4.69) is 15.3 Å². The number of esters is 1. The lowest BCUT2D eigenvalue weighted by Crippen LogP contribution is -2.43. The molecule has 1 aromatic heterocycles. The number of aromatic nitrogens is 2. The summed E-state index contributed by atoms with van der Waals surface area (Å²) in [5.74, 6) is -1.31. The van der Waals surface area contributed by atoms with Gasteiger partial charge in [-0.3, -0.25) is 0 Å². The fourth-order valence-corrected chi connectivity index (χ4v) is 1.48. The number of anilines is 1. The smallest absolute Gasteiger partial charge is 0.341 e. The Bertz CT molecular complexity index is 518. The van der Waals surface area contributed by atoms with E-state index in [1.165, 1.54) is 6.20 Å². The minimum absolute atomic E-state index is 0.169. The highest BCUT2D eigenvalue weighted by atomic mass is 16.5. The van der Waals surface area contributed by atoms with E-state index >= 15 is 0 Å². The molecular formula is C13H19N3O4. The van der Waals surface area contributed by atoms with Crippen molar-refractivity contribution in [2.24, 2.45) is 0 Å². The summed E-state index contributed by atoms with van der Waals surface area (Å²) in [6.45, 7) is 6.92. The molecule has 0 aliphatic rings. The number of ether oxygens (including phenoxy) is 1. The number of aliphatic carboxylic acids is 1. The van der Waals surface area contributed by atoms with Crippen LogP contribution in [0.1, 0.15) is 43.2 Å². The first-order chi connectivity index (χ1) is 9.34. The number of nitrogens with zero attached hydrogens (tertiary/aromatic N) is 2. The number of carboxylic acids is 1. The Balaban J connectivity index is 2.98. The van der Waals surface area contributed by atoms with E-state index in [0.717, 1.165) is 0 Å². The molecule has 1 atom stereocenters. The Hall–Kier alpha value is -2.18. The minimum atomic E-state index is -1.15. The van der Waals surface area contributed by atoms with Gasteiger partial charge < -0.3 is 15.2 Å². The molecule has 2 N–H and O–H groups in total. The first-order valence-electron chi connectivity index (χ1n) is 6.36. The van der Waals surface area contributed by atoms with E-state index in [1.54, 1.807) is 27.7 Å². The third-order valence-corrected chi connectivity index (χ3v) is 3.04. The van der Waals surface area contributed by atoms with Crippen LogP contribution in [-0.4, -0.2) is 39.2 Å². The van der Waals surface area contributed by atoms with Gasteiger partial charge in [0.25, 0.3) is 0 Å². The minimum Gasteiger partial charge on any atom is -0.480 e. The molecule has 0 aromatic carbocycles. The van der Waals surface area contributed by atoms with E-state index < -0.39 is 17.5 Å².